The Labute approximate surface area is 163 Å². The van der Waals surface area contributed by atoms with E-state index in [-0.39, 0.29) is 5.78 Å². The molecule has 0 saturated heterocycles. The van der Waals surface area contributed by atoms with Crippen LogP contribution in [-0.2, 0) is 9.53 Å². The smallest absolute Gasteiger partial charge is 0.384 e. The van der Waals surface area contributed by atoms with Crippen molar-refractivity contribution in [2.75, 3.05) is 0 Å². The molecule has 2 unspecified atom stereocenters. The summed E-state index contributed by atoms with van der Waals surface area (Å²) in [5.74, 6) is -1.82. The summed E-state index contributed by atoms with van der Waals surface area (Å²) < 4.78 is 5.63. The van der Waals surface area contributed by atoms with Crippen molar-refractivity contribution in [2.45, 2.75) is 52.2 Å². The lowest BCUT2D eigenvalue weighted by Gasteiger charge is -2.25. The summed E-state index contributed by atoms with van der Waals surface area (Å²) in [6.07, 6.45) is -0.892. The second-order valence-electron chi connectivity index (χ2n) is 7.79. The number of benzene rings is 2. The summed E-state index contributed by atoms with van der Waals surface area (Å²) in [5, 5.41) is 11.3. The molecule has 0 aromatic heterocycles. The molecule has 0 fully saturated rings. The van der Waals surface area contributed by atoms with Crippen molar-refractivity contribution in [2.24, 2.45) is 0 Å². The molecule has 0 saturated carbocycles. The molecule has 0 aliphatic heterocycles. The van der Waals surface area contributed by atoms with Crippen molar-refractivity contribution in [1.82, 2.24) is 0 Å². The van der Waals surface area contributed by atoms with Gasteiger partial charge in [-0.3, -0.25) is 14.9 Å². The molecule has 2 aromatic carbocycles. The van der Waals surface area contributed by atoms with Crippen LogP contribution in [0.25, 0.3) is 0 Å². The summed E-state index contributed by atoms with van der Waals surface area (Å²) in [7, 11) is 0. The Kier molecular flexibility index (Phi) is 4.83. The van der Waals surface area contributed by atoms with E-state index in [1.54, 1.807) is 24.3 Å². The molecule has 0 radical (unpaired) electrons. The number of ketones is 1. The largest absolute Gasteiger partial charge is 0.451 e. The van der Waals surface area contributed by atoms with Crippen LogP contribution in [0.2, 0.25) is 0 Å². The fraction of sp³-hybridized carbons (Fsp3) is 0.364. The monoisotopic (exact) mass is 381 g/mol. The van der Waals surface area contributed by atoms with Crippen LogP contribution in [0.3, 0.4) is 0 Å². The Morgan fingerprint density at radius 2 is 1.68 bits per heavy atom. The maximum atomic E-state index is 13.2. The van der Waals surface area contributed by atoms with Crippen molar-refractivity contribution >= 4 is 11.8 Å². The van der Waals surface area contributed by atoms with E-state index in [2.05, 4.69) is 0 Å². The minimum Gasteiger partial charge on any atom is -0.451 e. The number of nitrogens with zero attached hydrogens (tertiary/aromatic N) is 1. The Balaban J connectivity index is 2.11. The van der Waals surface area contributed by atoms with Crippen molar-refractivity contribution in [3.8, 4) is 0 Å². The predicted molar refractivity (Wildman–Crippen MR) is 104 cm³/mol. The summed E-state index contributed by atoms with van der Waals surface area (Å²) in [4.78, 5) is 36.4. The van der Waals surface area contributed by atoms with E-state index in [0.717, 1.165) is 22.3 Å². The number of carbonyl (C=O) groups excluding carboxylic acids is 2. The summed E-state index contributed by atoms with van der Waals surface area (Å²) >= 11 is 0. The lowest BCUT2D eigenvalue weighted by molar-refractivity contribution is -0.546. The van der Waals surface area contributed by atoms with Gasteiger partial charge in [0.05, 0.1) is 5.92 Å². The number of Topliss-reactive ketones (excluding diaryl/α,β-unsaturated/α-hetero) is 1. The topological polar surface area (TPSA) is 86.5 Å². The fourth-order valence-corrected chi connectivity index (χ4v) is 3.54. The number of hydrogen-bond donors (Lipinski definition) is 0. The van der Waals surface area contributed by atoms with Gasteiger partial charge in [0.1, 0.15) is 6.10 Å². The van der Waals surface area contributed by atoms with Gasteiger partial charge < -0.3 is 4.74 Å². The Hall–Kier alpha value is -3.02. The molecule has 1 aliphatic rings. The number of nitro groups is 1. The number of esters is 1. The highest BCUT2D eigenvalue weighted by atomic mass is 16.6. The van der Waals surface area contributed by atoms with Gasteiger partial charge in [0.15, 0.2) is 5.78 Å². The van der Waals surface area contributed by atoms with Gasteiger partial charge in [-0.15, -0.1) is 0 Å². The molecule has 2 aromatic rings. The fourth-order valence-electron chi connectivity index (χ4n) is 3.54. The molecule has 0 N–H and O–H groups in total. The van der Waals surface area contributed by atoms with Gasteiger partial charge in [0, 0.05) is 29.9 Å². The van der Waals surface area contributed by atoms with Gasteiger partial charge in [-0.25, -0.2) is 4.79 Å². The van der Waals surface area contributed by atoms with Crippen LogP contribution in [0.4, 0.5) is 0 Å². The van der Waals surface area contributed by atoms with Gasteiger partial charge in [0.2, 0.25) is 0 Å². The molecule has 0 heterocycles. The third kappa shape index (κ3) is 2.99. The quantitative estimate of drug-likeness (QED) is 0.449. The molecule has 146 valence electrons. The van der Waals surface area contributed by atoms with E-state index in [1.165, 1.54) is 13.8 Å². The molecule has 28 heavy (non-hydrogen) atoms. The lowest BCUT2D eigenvalue weighted by Crippen LogP contribution is -2.42. The Morgan fingerprint density at radius 3 is 2.32 bits per heavy atom. The van der Waals surface area contributed by atoms with E-state index in [4.69, 9.17) is 4.74 Å². The molecular formula is C22H23NO5. The predicted octanol–water partition coefficient (Wildman–Crippen LogP) is 4.23. The Bertz CT molecular complexity index is 992. The van der Waals surface area contributed by atoms with Crippen LogP contribution in [0.5, 0.6) is 0 Å². The first kappa shape index (κ1) is 19.7. The first-order chi connectivity index (χ1) is 13.1. The van der Waals surface area contributed by atoms with Crippen LogP contribution in [0, 0.1) is 30.9 Å². The normalized spacial score (nSPS) is 18.7. The standard InChI is InChI=1S/C22H23NO5/c1-12-10-11-15(14(3)13(12)2)18-19(24)16-8-6-7-9-17(16)20(18)28-21(25)22(4,5)23(26)27/h6-11,18,20H,1-5H3. The highest BCUT2D eigenvalue weighted by Crippen LogP contribution is 2.46. The number of aryl methyl sites for hydroxylation is 1. The maximum absolute atomic E-state index is 13.2. The van der Waals surface area contributed by atoms with Crippen molar-refractivity contribution in [1.29, 1.82) is 0 Å². The van der Waals surface area contributed by atoms with Crippen LogP contribution in [0.1, 0.15) is 64.0 Å². The second-order valence-corrected chi connectivity index (χ2v) is 7.79. The first-order valence-corrected chi connectivity index (χ1v) is 9.12. The number of ether oxygens (including phenoxy) is 1. The molecule has 0 bridgehead atoms. The number of fused-ring (bicyclic) bond motifs is 1. The van der Waals surface area contributed by atoms with Gasteiger partial charge >= 0.3 is 11.5 Å². The van der Waals surface area contributed by atoms with Crippen LogP contribution < -0.4 is 0 Å². The Morgan fingerprint density at radius 1 is 1.04 bits per heavy atom. The van der Waals surface area contributed by atoms with E-state index < -0.39 is 28.5 Å². The molecule has 2 atom stereocenters. The minimum absolute atomic E-state index is 0.140. The molecule has 0 spiro atoms. The zero-order valence-corrected chi connectivity index (χ0v) is 16.6. The third-order valence-electron chi connectivity index (χ3n) is 5.74. The molecule has 6 nitrogen and oxygen atoms in total. The van der Waals surface area contributed by atoms with E-state index >= 15 is 0 Å². The SMILES string of the molecule is Cc1ccc(C2C(=O)c3ccccc3C2OC(=O)C(C)(C)[N+](=O)[O-])c(C)c1C. The number of carbonyl (C=O) groups is 2. The van der Waals surface area contributed by atoms with Crippen molar-refractivity contribution in [3.63, 3.8) is 0 Å². The summed E-state index contributed by atoms with van der Waals surface area (Å²) in [6, 6.07) is 10.8. The molecule has 0 amide bonds. The minimum atomic E-state index is -1.90. The average Bonchev–Trinajstić information content (AvgIpc) is 2.92. The zero-order chi connectivity index (χ0) is 20.8. The average molecular weight is 381 g/mol. The molecule has 1 aliphatic carbocycles. The van der Waals surface area contributed by atoms with Crippen LogP contribution in [-0.4, -0.2) is 22.2 Å². The summed E-state index contributed by atoms with van der Waals surface area (Å²) in [5.41, 5.74) is 3.08. The lowest BCUT2D eigenvalue weighted by atomic mass is 9.86. The molecule has 6 heteroatoms. The van der Waals surface area contributed by atoms with Crippen LogP contribution in [0.15, 0.2) is 36.4 Å². The third-order valence-corrected chi connectivity index (χ3v) is 5.74. The van der Waals surface area contributed by atoms with E-state index in [9.17, 15) is 19.7 Å². The van der Waals surface area contributed by atoms with Gasteiger partial charge in [-0.2, -0.15) is 0 Å². The van der Waals surface area contributed by atoms with Crippen molar-refractivity contribution < 1.29 is 19.2 Å². The highest BCUT2D eigenvalue weighted by Gasteiger charge is 2.49. The van der Waals surface area contributed by atoms with E-state index in [1.807, 2.05) is 32.9 Å². The van der Waals surface area contributed by atoms with Gasteiger partial charge in [-0.1, -0.05) is 36.4 Å². The van der Waals surface area contributed by atoms with Crippen molar-refractivity contribution in [3.05, 3.63) is 79.9 Å². The summed E-state index contributed by atoms with van der Waals surface area (Å²) in [6.45, 7) is 8.32. The highest BCUT2D eigenvalue weighted by molar-refractivity contribution is 6.06. The molecule has 3 rings (SSSR count). The maximum Gasteiger partial charge on any atom is 0.384 e. The van der Waals surface area contributed by atoms with E-state index in [0.29, 0.717) is 11.1 Å². The number of hydrogen-bond acceptors (Lipinski definition) is 5. The first-order valence-electron chi connectivity index (χ1n) is 9.12. The van der Waals surface area contributed by atoms with Gasteiger partial charge in [-0.05, 0) is 43.0 Å². The second kappa shape index (κ2) is 6.86. The molecular weight excluding hydrogens is 358 g/mol. The van der Waals surface area contributed by atoms with Crippen LogP contribution >= 0.6 is 0 Å². The number of rotatable bonds is 4. The van der Waals surface area contributed by atoms with Gasteiger partial charge in [0.25, 0.3) is 0 Å². The zero-order valence-electron chi connectivity index (χ0n) is 16.6.